The van der Waals surface area contributed by atoms with Crippen LogP contribution in [0.25, 0.3) is 10.9 Å². The Balaban J connectivity index is 1.81. The van der Waals surface area contributed by atoms with Gasteiger partial charge in [-0.1, -0.05) is 6.07 Å². The van der Waals surface area contributed by atoms with Crippen molar-refractivity contribution >= 4 is 28.4 Å². The van der Waals surface area contributed by atoms with Crippen LogP contribution in [0.2, 0.25) is 0 Å². The molecule has 3 heterocycles. The first-order valence-corrected chi connectivity index (χ1v) is 9.40. The second-order valence-corrected chi connectivity index (χ2v) is 6.76. The lowest BCUT2D eigenvalue weighted by Gasteiger charge is -2.18. The molecule has 0 saturated carbocycles. The standard InChI is InChI=1S/C21H21FN4O2/c1-2-25-17-9-8-14(22)12-16(17)19(26-11-5-7-18(26)27)20(25)21(28)24-13-15-6-3-4-10-23-15/h3-4,6,8-10,12H,2,5,7,11,13H2,1H3,(H,24,28). The van der Waals surface area contributed by atoms with Crippen LogP contribution in [-0.2, 0) is 17.9 Å². The van der Waals surface area contributed by atoms with Gasteiger partial charge in [-0.2, -0.15) is 0 Å². The third-order valence-electron chi connectivity index (χ3n) is 5.03. The van der Waals surface area contributed by atoms with Crippen molar-refractivity contribution in [3.63, 3.8) is 0 Å². The Morgan fingerprint density at radius 2 is 2.14 bits per heavy atom. The van der Waals surface area contributed by atoms with Crippen LogP contribution < -0.4 is 10.2 Å². The summed E-state index contributed by atoms with van der Waals surface area (Å²) in [5, 5.41) is 3.47. The van der Waals surface area contributed by atoms with Crippen molar-refractivity contribution in [3.05, 3.63) is 59.8 Å². The molecule has 1 aromatic carbocycles. The topological polar surface area (TPSA) is 67.2 Å². The van der Waals surface area contributed by atoms with E-state index in [4.69, 9.17) is 0 Å². The highest BCUT2D eigenvalue weighted by Crippen LogP contribution is 2.37. The van der Waals surface area contributed by atoms with Crippen molar-refractivity contribution in [2.75, 3.05) is 11.4 Å². The van der Waals surface area contributed by atoms with Gasteiger partial charge in [-0.25, -0.2) is 4.39 Å². The summed E-state index contributed by atoms with van der Waals surface area (Å²) >= 11 is 0. The van der Waals surface area contributed by atoms with Gasteiger partial charge in [0, 0.05) is 31.1 Å². The van der Waals surface area contributed by atoms with Gasteiger partial charge in [0.15, 0.2) is 0 Å². The number of amides is 2. The summed E-state index contributed by atoms with van der Waals surface area (Å²) in [6, 6.07) is 9.93. The van der Waals surface area contributed by atoms with Gasteiger partial charge >= 0.3 is 0 Å². The fourth-order valence-corrected chi connectivity index (χ4v) is 3.78. The zero-order valence-corrected chi connectivity index (χ0v) is 15.6. The lowest BCUT2D eigenvalue weighted by molar-refractivity contribution is -0.117. The Labute approximate surface area is 162 Å². The number of pyridine rings is 1. The van der Waals surface area contributed by atoms with E-state index in [9.17, 15) is 14.0 Å². The Kier molecular flexibility index (Phi) is 4.81. The van der Waals surface area contributed by atoms with Crippen molar-refractivity contribution in [2.45, 2.75) is 32.9 Å². The first-order valence-electron chi connectivity index (χ1n) is 9.40. The van der Waals surface area contributed by atoms with E-state index >= 15 is 0 Å². The van der Waals surface area contributed by atoms with Crippen molar-refractivity contribution in [1.29, 1.82) is 0 Å². The lowest BCUT2D eigenvalue weighted by atomic mass is 10.2. The van der Waals surface area contributed by atoms with Gasteiger partial charge < -0.3 is 14.8 Å². The molecule has 4 rings (SSSR count). The number of aryl methyl sites for hydroxylation is 1. The molecule has 144 valence electrons. The Morgan fingerprint density at radius 1 is 1.29 bits per heavy atom. The minimum atomic E-state index is -0.394. The number of carbonyl (C=O) groups is 2. The largest absolute Gasteiger partial charge is 0.345 e. The van der Waals surface area contributed by atoms with Crippen molar-refractivity contribution in [1.82, 2.24) is 14.9 Å². The summed E-state index contributed by atoms with van der Waals surface area (Å²) in [7, 11) is 0. The summed E-state index contributed by atoms with van der Waals surface area (Å²) in [4.78, 5) is 31.4. The molecule has 2 aromatic heterocycles. The molecule has 1 aliphatic rings. The minimum Gasteiger partial charge on any atom is -0.345 e. The number of nitrogens with one attached hydrogen (secondary N) is 1. The number of hydrogen-bond acceptors (Lipinski definition) is 3. The zero-order valence-electron chi connectivity index (χ0n) is 15.6. The summed E-state index contributed by atoms with van der Waals surface area (Å²) in [6.45, 7) is 3.25. The number of benzene rings is 1. The molecule has 0 aliphatic carbocycles. The molecule has 1 fully saturated rings. The van der Waals surface area contributed by atoms with Gasteiger partial charge in [-0.15, -0.1) is 0 Å². The van der Waals surface area contributed by atoms with Crippen LogP contribution in [-0.4, -0.2) is 27.9 Å². The maximum Gasteiger partial charge on any atom is 0.270 e. The van der Waals surface area contributed by atoms with Crippen molar-refractivity contribution < 1.29 is 14.0 Å². The molecular formula is C21H21FN4O2. The molecule has 0 bridgehead atoms. The van der Waals surface area contributed by atoms with E-state index in [0.717, 1.165) is 17.6 Å². The number of aromatic nitrogens is 2. The highest BCUT2D eigenvalue weighted by atomic mass is 19.1. The molecule has 6 nitrogen and oxygen atoms in total. The summed E-state index contributed by atoms with van der Waals surface area (Å²) in [5.41, 5.74) is 2.35. The second-order valence-electron chi connectivity index (χ2n) is 6.76. The fourth-order valence-electron chi connectivity index (χ4n) is 3.78. The molecule has 2 amide bonds. The van der Waals surface area contributed by atoms with E-state index in [1.165, 1.54) is 12.1 Å². The molecule has 0 spiro atoms. The average Bonchev–Trinajstić information content (AvgIpc) is 3.26. The van der Waals surface area contributed by atoms with E-state index in [1.807, 2.05) is 29.7 Å². The first-order chi connectivity index (χ1) is 13.6. The summed E-state index contributed by atoms with van der Waals surface area (Å²) in [5.74, 6) is -0.744. The predicted octanol–water partition coefficient (Wildman–Crippen LogP) is 3.25. The molecule has 0 unspecified atom stereocenters. The minimum absolute atomic E-state index is 0.0433. The van der Waals surface area contributed by atoms with Gasteiger partial charge in [0.05, 0.1) is 23.4 Å². The van der Waals surface area contributed by atoms with Crippen LogP contribution in [0.3, 0.4) is 0 Å². The van der Waals surface area contributed by atoms with E-state index in [0.29, 0.717) is 36.3 Å². The SMILES string of the molecule is CCn1c(C(=O)NCc2ccccn2)c(N2CCCC2=O)c2cc(F)ccc21. The second kappa shape index (κ2) is 7.42. The quantitative estimate of drug-likeness (QED) is 0.739. The molecule has 28 heavy (non-hydrogen) atoms. The summed E-state index contributed by atoms with van der Waals surface area (Å²) in [6.07, 6.45) is 2.83. The fraction of sp³-hybridized carbons (Fsp3) is 0.286. The van der Waals surface area contributed by atoms with Gasteiger partial charge in [-0.3, -0.25) is 14.6 Å². The highest BCUT2D eigenvalue weighted by Gasteiger charge is 2.31. The summed E-state index contributed by atoms with van der Waals surface area (Å²) < 4.78 is 15.8. The van der Waals surface area contributed by atoms with Crippen molar-refractivity contribution in [3.8, 4) is 0 Å². The maximum atomic E-state index is 14.0. The van der Waals surface area contributed by atoms with Gasteiger partial charge in [0.2, 0.25) is 5.91 Å². The molecule has 1 saturated heterocycles. The number of nitrogens with zero attached hydrogens (tertiary/aromatic N) is 3. The van der Waals surface area contributed by atoms with Gasteiger partial charge in [-0.05, 0) is 43.7 Å². The number of rotatable bonds is 5. The van der Waals surface area contributed by atoms with E-state index in [1.54, 1.807) is 17.2 Å². The molecule has 0 radical (unpaired) electrons. The smallest absolute Gasteiger partial charge is 0.270 e. The number of carbonyl (C=O) groups excluding carboxylic acids is 2. The van der Waals surface area contributed by atoms with E-state index < -0.39 is 5.82 Å². The molecule has 0 atom stereocenters. The normalized spacial score (nSPS) is 14.1. The van der Waals surface area contributed by atoms with Crippen LogP contribution in [0, 0.1) is 5.82 Å². The number of anilines is 1. The Morgan fingerprint density at radius 3 is 2.82 bits per heavy atom. The van der Waals surface area contributed by atoms with Gasteiger partial charge in [0.1, 0.15) is 11.5 Å². The molecule has 3 aromatic rings. The van der Waals surface area contributed by atoms with E-state index in [2.05, 4.69) is 10.3 Å². The Bertz CT molecular complexity index is 1050. The van der Waals surface area contributed by atoms with Gasteiger partial charge in [0.25, 0.3) is 5.91 Å². The number of halogens is 1. The molecule has 1 N–H and O–H groups in total. The Hall–Kier alpha value is -3.22. The zero-order chi connectivity index (χ0) is 19.7. The van der Waals surface area contributed by atoms with Crippen LogP contribution >= 0.6 is 0 Å². The van der Waals surface area contributed by atoms with Crippen LogP contribution in [0.15, 0.2) is 42.6 Å². The third kappa shape index (κ3) is 3.13. The van der Waals surface area contributed by atoms with E-state index in [-0.39, 0.29) is 18.4 Å². The lowest BCUT2D eigenvalue weighted by Crippen LogP contribution is -2.30. The molecule has 1 aliphatic heterocycles. The maximum absolute atomic E-state index is 14.0. The third-order valence-corrected chi connectivity index (χ3v) is 5.03. The van der Waals surface area contributed by atoms with Crippen LogP contribution in [0.1, 0.15) is 35.9 Å². The molecular weight excluding hydrogens is 359 g/mol. The first kappa shape index (κ1) is 18.2. The number of fused-ring (bicyclic) bond motifs is 1. The monoisotopic (exact) mass is 380 g/mol. The molecule has 7 heteroatoms. The average molecular weight is 380 g/mol. The van der Waals surface area contributed by atoms with Crippen LogP contribution in [0.5, 0.6) is 0 Å². The van der Waals surface area contributed by atoms with Crippen molar-refractivity contribution in [2.24, 2.45) is 0 Å². The number of hydrogen-bond donors (Lipinski definition) is 1. The highest BCUT2D eigenvalue weighted by molar-refractivity contribution is 6.14. The predicted molar refractivity (Wildman–Crippen MR) is 105 cm³/mol. The van der Waals surface area contributed by atoms with Crippen LogP contribution in [0.4, 0.5) is 10.1 Å².